The molecule has 3 aromatic rings. The third kappa shape index (κ3) is 2.69. The first kappa shape index (κ1) is 20.2. The van der Waals surface area contributed by atoms with E-state index in [4.69, 9.17) is 0 Å². The molecule has 0 radical (unpaired) electrons. The molecule has 1 fully saturated rings. The molecule has 0 saturated carbocycles. The van der Waals surface area contributed by atoms with Crippen LogP contribution in [0.25, 0.3) is 0 Å². The van der Waals surface area contributed by atoms with E-state index in [1.807, 2.05) is 48.5 Å². The monoisotopic (exact) mass is 502 g/mol. The number of phenolic OH excluding ortho intramolecular Hbond substituents is 1. The van der Waals surface area contributed by atoms with Gasteiger partial charge in [0.05, 0.1) is 16.2 Å². The Morgan fingerprint density at radius 3 is 2.09 bits per heavy atom. The average Bonchev–Trinajstić information content (AvgIpc) is 3.07. The molecule has 7 rings (SSSR count). The Balaban J connectivity index is 1.38. The zero-order chi connectivity index (χ0) is 22.9. The largest absolute Gasteiger partial charge is 0.508 e. The Hall–Kier alpha value is -3.45. The Bertz CT molecular complexity index is 1290. The van der Waals surface area contributed by atoms with Gasteiger partial charge in [-0.15, -0.1) is 0 Å². The summed E-state index contributed by atoms with van der Waals surface area (Å²) < 4.78 is -0.825. The normalized spacial score (nSPS) is 26.6. The summed E-state index contributed by atoms with van der Waals surface area (Å²) in [5.74, 6) is -2.46. The maximum Gasteiger partial charge on any atom is 0.244 e. The van der Waals surface area contributed by atoms with Gasteiger partial charge >= 0.3 is 0 Å². The predicted molar refractivity (Wildman–Crippen MR) is 125 cm³/mol. The molecule has 3 amide bonds. The Morgan fingerprint density at radius 1 is 0.909 bits per heavy atom. The molecule has 0 unspecified atom stereocenters. The first-order chi connectivity index (χ1) is 15.9. The highest BCUT2D eigenvalue weighted by atomic mass is 79.9. The highest BCUT2D eigenvalue weighted by Gasteiger charge is 2.67. The maximum atomic E-state index is 13.7. The Morgan fingerprint density at radius 2 is 1.48 bits per heavy atom. The molecule has 33 heavy (non-hydrogen) atoms. The van der Waals surface area contributed by atoms with Crippen molar-refractivity contribution in [2.75, 3.05) is 11.9 Å². The van der Waals surface area contributed by atoms with E-state index in [0.717, 1.165) is 27.2 Å². The van der Waals surface area contributed by atoms with Crippen LogP contribution >= 0.6 is 15.9 Å². The van der Waals surface area contributed by atoms with Gasteiger partial charge in [0.15, 0.2) is 0 Å². The molecular formula is C26H19BrN2O4. The van der Waals surface area contributed by atoms with Gasteiger partial charge in [-0.3, -0.25) is 19.3 Å². The van der Waals surface area contributed by atoms with Crippen molar-refractivity contribution in [2.45, 2.75) is 10.2 Å². The van der Waals surface area contributed by atoms with Crippen molar-refractivity contribution in [3.63, 3.8) is 0 Å². The number of aromatic hydroxyl groups is 1. The van der Waals surface area contributed by atoms with Crippen molar-refractivity contribution in [1.82, 2.24) is 4.90 Å². The van der Waals surface area contributed by atoms with Crippen molar-refractivity contribution in [3.05, 3.63) is 95.1 Å². The van der Waals surface area contributed by atoms with E-state index in [1.54, 1.807) is 12.1 Å². The fourth-order valence-electron chi connectivity index (χ4n) is 5.78. The fourth-order valence-corrected chi connectivity index (χ4v) is 6.99. The first-order valence-electron chi connectivity index (χ1n) is 10.7. The van der Waals surface area contributed by atoms with Gasteiger partial charge in [-0.05, 0) is 46.5 Å². The van der Waals surface area contributed by atoms with Gasteiger partial charge in [0, 0.05) is 11.6 Å². The van der Waals surface area contributed by atoms with Crippen molar-refractivity contribution in [1.29, 1.82) is 0 Å². The van der Waals surface area contributed by atoms with E-state index >= 15 is 0 Å². The van der Waals surface area contributed by atoms with Crippen molar-refractivity contribution in [2.24, 2.45) is 11.8 Å². The van der Waals surface area contributed by atoms with E-state index < -0.39 is 22.1 Å². The number of nitrogens with one attached hydrogen (secondary N) is 1. The van der Waals surface area contributed by atoms with Crippen LogP contribution in [0.15, 0.2) is 72.8 Å². The number of carbonyl (C=O) groups excluding carboxylic acids is 3. The summed E-state index contributed by atoms with van der Waals surface area (Å²) >= 11 is 3.94. The second kappa shape index (κ2) is 7.02. The minimum absolute atomic E-state index is 0.0826. The van der Waals surface area contributed by atoms with E-state index in [9.17, 15) is 19.5 Å². The number of halogens is 1. The van der Waals surface area contributed by atoms with E-state index in [0.29, 0.717) is 5.69 Å². The summed E-state index contributed by atoms with van der Waals surface area (Å²) in [4.78, 5) is 41.1. The van der Waals surface area contributed by atoms with Crippen LogP contribution in [-0.2, 0) is 18.7 Å². The third-order valence-corrected chi connectivity index (χ3v) is 8.41. The van der Waals surface area contributed by atoms with Crippen LogP contribution in [-0.4, -0.2) is 34.3 Å². The number of benzene rings is 3. The summed E-state index contributed by atoms with van der Waals surface area (Å²) in [6, 6.07) is 21.9. The summed E-state index contributed by atoms with van der Waals surface area (Å²) in [5, 5.41) is 12.1. The van der Waals surface area contributed by atoms with E-state index in [-0.39, 0.29) is 30.0 Å². The number of nitrogens with zero attached hydrogens (tertiary/aromatic N) is 1. The first-order valence-corrected chi connectivity index (χ1v) is 11.5. The van der Waals surface area contributed by atoms with Gasteiger partial charge in [-0.2, -0.15) is 0 Å². The van der Waals surface area contributed by atoms with Crippen molar-refractivity contribution < 1.29 is 19.5 Å². The standard InChI is InChI=1S/C26H19BrN2O4/c27-26-18-7-3-1-5-16(18)21(17-6-2-4-8-19(17)26)22-23(26)25(33)29(24(22)32)13-20(31)28-14-9-11-15(30)12-10-14/h1-12,21-23,30H,13H2,(H,28,31)/t21?,22-,23-,26?/m1/s1. The second-order valence-corrected chi connectivity index (χ2v) is 9.98. The molecule has 6 nitrogen and oxygen atoms in total. The minimum atomic E-state index is -0.825. The van der Waals surface area contributed by atoms with Gasteiger partial charge in [0.25, 0.3) is 0 Å². The van der Waals surface area contributed by atoms with Crippen LogP contribution in [0.2, 0.25) is 0 Å². The highest BCUT2D eigenvalue weighted by Crippen LogP contribution is 2.66. The zero-order valence-corrected chi connectivity index (χ0v) is 19.0. The van der Waals surface area contributed by atoms with Gasteiger partial charge in [-0.25, -0.2) is 0 Å². The van der Waals surface area contributed by atoms with Crippen LogP contribution in [0.3, 0.4) is 0 Å². The lowest BCUT2D eigenvalue weighted by molar-refractivity contribution is -0.142. The smallest absolute Gasteiger partial charge is 0.244 e. The van der Waals surface area contributed by atoms with E-state index in [1.165, 1.54) is 12.1 Å². The molecule has 4 aliphatic rings. The minimum Gasteiger partial charge on any atom is -0.508 e. The average molecular weight is 503 g/mol. The zero-order valence-electron chi connectivity index (χ0n) is 17.4. The number of anilines is 1. The molecule has 3 aliphatic carbocycles. The van der Waals surface area contributed by atoms with Crippen LogP contribution in [0.1, 0.15) is 28.2 Å². The van der Waals surface area contributed by atoms with E-state index in [2.05, 4.69) is 21.2 Å². The Kier molecular flexibility index (Phi) is 4.29. The molecule has 2 N–H and O–H groups in total. The fraction of sp³-hybridized carbons (Fsp3) is 0.192. The quantitative estimate of drug-likeness (QED) is 0.324. The SMILES string of the molecule is O=C(CN1C(=O)[C@@H]2C3c4ccccc4C(Br)(c4ccccc43)[C@H]2C1=O)Nc1ccc(O)cc1. The molecule has 1 aliphatic heterocycles. The molecule has 7 heteroatoms. The molecule has 164 valence electrons. The van der Waals surface area contributed by atoms with Crippen LogP contribution in [0.5, 0.6) is 5.75 Å². The number of likely N-dealkylation sites (tertiary alicyclic amines) is 1. The lowest BCUT2D eigenvalue weighted by atomic mass is 9.55. The molecule has 0 spiro atoms. The number of carbonyl (C=O) groups is 3. The summed E-state index contributed by atoms with van der Waals surface area (Å²) in [5.41, 5.74) is 4.58. The predicted octanol–water partition coefficient (Wildman–Crippen LogP) is 3.73. The molecule has 1 heterocycles. The van der Waals surface area contributed by atoms with Gasteiger partial charge in [0.2, 0.25) is 17.7 Å². The summed E-state index contributed by atoms with van der Waals surface area (Å²) in [7, 11) is 0. The number of rotatable bonds is 3. The second-order valence-electron chi connectivity index (χ2n) is 8.73. The lowest BCUT2D eigenvalue weighted by Crippen LogP contribution is -2.50. The molecule has 0 aromatic heterocycles. The highest BCUT2D eigenvalue weighted by molar-refractivity contribution is 9.09. The number of alkyl halides is 1. The topological polar surface area (TPSA) is 86.7 Å². The molecule has 2 bridgehead atoms. The lowest BCUT2D eigenvalue weighted by Gasteiger charge is -2.51. The maximum absolute atomic E-state index is 13.7. The molecule has 2 atom stereocenters. The van der Waals surface area contributed by atoms with Crippen molar-refractivity contribution in [3.8, 4) is 5.75 Å². The van der Waals surface area contributed by atoms with Gasteiger partial charge in [0.1, 0.15) is 12.3 Å². The van der Waals surface area contributed by atoms with Crippen LogP contribution < -0.4 is 5.32 Å². The summed E-state index contributed by atoms with van der Waals surface area (Å²) in [6.45, 7) is -0.353. The molecule has 1 saturated heterocycles. The Labute approximate surface area is 198 Å². The summed E-state index contributed by atoms with van der Waals surface area (Å²) in [6.07, 6.45) is 0. The number of amides is 3. The number of imide groups is 1. The van der Waals surface area contributed by atoms with Gasteiger partial charge in [-0.1, -0.05) is 64.5 Å². The number of hydrogen-bond acceptors (Lipinski definition) is 4. The van der Waals surface area contributed by atoms with Crippen molar-refractivity contribution >= 4 is 39.3 Å². The van der Waals surface area contributed by atoms with Crippen LogP contribution in [0, 0.1) is 11.8 Å². The third-order valence-electron chi connectivity index (χ3n) is 7.06. The molecular weight excluding hydrogens is 484 g/mol. The van der Waals surface area contributed by atoms with Crippen LogP contribution in [0.4, 0.5) is 5.69 Å². The number of phenols is 1. The molecule has 3 aromatic carbocycles. The van der Waals surface area contributed by atoms with Gasteiger partial charge < -0.3 is 10.4 Å². The number of hydrogen-bond donors (Lipinski definition) is 2.